The van der Waals surface area contributed by atoms with Gasteiger partial charge in [0.25, 0.3) is 5.56 Å². The van der Waals surface area contributed by atoms with E-state index in [4.69, 9.17) is 4.98 Å². The fraction of sp³-hybridized carbons (Fsp3) is 0.480. The molecule has 176 valence electrons. The largest absolute Gasteiger partial charge is 0.337 e. The Morgan fingerprint density at radius 2 is 1.88 bits per heavy atom. The Labute approximate surface area is 202 Å². The van der Waals surface area contributed by atoms with Gasteiger partial charge in [-0.1, -0.05) is 25.1 Å². The summed E-state index contributed by atoms with van der Waals surface area (Å²) < 4.78 is 15.1. The number of thioether (sulfide) groups is 1. The van der Waals surface area contributed by atoms with Crippen LogP contribution >= 0.6 is 23.1 Å². The first kappa shape index (κ1) is 24.0. The number of aryl methyl sites for hydroxylation is 2. The zero-order valence-electron chi connectivity index (χ0n) is 19.6. The first-order chi connectivity index (χ1) is 15.8. The van der Waals surface area contributed by atoms with E-state index >= 15 is 0 Å². The zero-order valence-corrected chi connectivity index (χ0v) is 21.2. The summed E-state index contributed by atoms with van der Waals surface area (Å²) in [4.78, 5) is 35.4. The average molecular weight is 488 g/mol. The molecule has 1 aliphatic heterocycles. The maximum Gasteiger partial charge on any atom is 0.267 e. The predicted molar refractivity (Wildman–Crippen MR) is 134 cm³/mol. The quantitative estimate of drug-likeness (QED) is 0.329. The summed E-state index contributed by atoms with van der Waals surface area (Å²) >= 11 is 2.84. The molecule has 4 rings (SSSR count). The third-order valence-electron chi connectivity index (χ3n) is 6.40. The van der Waals surface area contributed by atoms with Crippen molar-refractivity contribution in [1.29, 1.82) is 0 Å². The van der Waals surface area contributed by atoms with Gasteiger partial charge >= 0.3 is 0 Å². The van der Waals surface area contributed by atoms with Crippen LogP contribution in [0.4, 0.5) is 4.39 Å². The van der Waals surface area contributed by atoms with Crippen LogP contribution in [0.25, 0.3) is 15.9 Å². The highest BCUT2D eigenvalue weighted by molar-refractivity contribution is 7.99. The number of benzene rings is 1. The van der Waals surface area contributed by atoms with Gasteiger partial charge in [-0.25, -0.2) is 9.37 Å². The first-order valence-corrected chi connectivity index (χ1v) is 13.4. The minimum Gasteiger partial charge on any atom is -0.337 e. The molecule has 1 aliphatic rings. The van der Waals surface area contributed by atoms with Crippen LogP contribution in [0.2, 0.25) is 0 Å². The maximum atomic E-state index is 13.7. The molecule has 3 heterocycles. The molecule has 8 heteroatoms. The zero-order chi connectivity index (χ0) is 23.7. The normalized spacial score (nSPS) is 18.8. The van der Waals surface area contributed by atoms with Gasteiger partial charge in [0.1, 0.15) is 10.6 Å². The molecule has 0 aliphatic carbocycles. The van der Waals surface area contributed by atoms with E-state index in [1.807, 2.05) is 11.8 Å². The molecule has 2 atom stereocenters. The number of thiophene rings is 1. The van der Waals surface area contributed by atoms with Crippen molar-refractivity contribution in [2.75, 3.05) is 5.75 Å². The molecular weight excluding hydrogens is 457 g/mol. The van der Waals surface area contributed by atoms with Crippen molar-refractivity contribution in [3.8, 4) is 5.69 Å². The second-order valence-electron chi connectivity index (χ2n) is 8.81. The number of aromatic nitrogens is 2. The Hall–Kier alpha value is -2.19. The van der Waals surface area contributed by atoms with Gasteiger partial charge in [0.15, 0.2) is 5.16 Å². The van der Waals surface area contributed by atoms with Crippen LogP contribution in [-0.2, 0) is 11.2 Å². The molecule has 1 saturated heterocycles. The van der Waals surface area contributed by atoms with Crippen molar-refractivity contribution in [2.24, 2.45) is 0 Å². The Morgan fingerprint density at radius 3 is 2.52 bits per heavy atom. The molecule has 33 heavy (non-hydrogen) atoms. The summed E-state index contributed by atoms with van der Waals surface area (Å²) in [5, 5.41) is 1.08. The SMILES string of the molecule is CCCc1sc2nc(SCC(=O)N3[C@H](C)CCC[C@@H]3C)n(-c3ccc(F)cc3)c(=O)c2c1C. The summed E-state index contributed by atoms with van der Waals surface area (Å²) in [6.45, 7) is 8.28. The van der Waals surface area contributed by atoms with E-state index in [0.717, 1.165) is 42.5 Å². The molecule has 1 aromatic carbocycles. The molecule has 0 saturated carbocycles. The lowest BCUT2D eigenvalue weighted by molar-refractivity contribution is -0.134. The van der Waals surface area contributed by atoms with Gasteiger partial charge in [0, 0.05) is 17.0 Å². The molecule has 0 radical (unpaired) electrons. The molecule has 0 N–H and O–H groups in total. The van der Waals surface area contributed by atoms with E-state index in [1.54, 1.807) is 23.5 Å². The molecule has 0 spiro atoms. The first-order valence-electron chi connectivity index (χ1n) is 11.6. The van der Waals surface area contributed by atoms with E-state index in [1.165, 1.54) is 28.5 Å². The summed E-state index contributed by atoms with van der Waals surface area (Å²) in [7, 11) is 0. The lowest BCUT2D eigenvalue weighted by Gasteiger charge is -2.39. The molecule has 5 nitrogen and oxygen atoms in total. The highest BCUT2D eigenvalue weighted by Crippen LogP contribution is 2.32. The molecule has 3 aromatic rings. The number of nitrogens with zero attached hydrogens (tertiary/aromatic N) is 3. The van der Waals surface area contributed by atoms with Gasteiger partial charge in [0.05, 0.1) is 16.8 Å². The highest BCUT2D eigenvalue weighted by atomic mass is 32.2. The van der Waals surface area contributed by atoms with Gasteiger partial charge in [0.2, 0.25) is 5.91 Å². The molecular formula is C25H30FN3O2S2. The summed E-state index contributed by atoms with van der Waals surface area (Å²) in [5.41, 5.74) is 1.35. The van der Waals surface area contributed by atoms with Crippen LogP contribution in [-0.4, -0.2) is 38.2 Å². The van der Waals surface area contributed by atoms with Crippen molar-refractivity contribution in [3.63, 3.8) is 0 Å². The Bertz CT molecular complexity index is 1210. The highest BCUT2D eigenvalue weighted by Gasteiger charge is 2.29. The minimum absolute atomic E-state index is 0.0636. The van der Waals surface area contributed by atoms with Crippen molar-refractivity contribution in [2.45, 2.75) is 77.0 Å². The standard InChI is InChI=1S/C25H30FN3O2S2/c1-5-7-20-17(4)22-23(33-20)27-25(29(24(22)31)19-12-10-18(26)11-13-19)32-14-21(30)28-15(2)8-6-9-16(28)3/h10-13,15-16H,5-9,14H2,1-4H3/t15-,16+. The number of carbonyl (C=O) groups excluding carboxylic acids is 1. The van der Waals surface area contributed by atoms with E-state index in [-0.39, 0.29) is 35.1 Å². The van der Waals surface area contributed by atoms with Crippen LogP contribution in [0.3, 0.4) is 0 Å². The van der Waals surface area contributed by atoms with Crippen molar-refractivity contribution >= 4 is 39.2 Å². The van der Waals surface area contributed by atoms with Crippen LogP contribution in [0.5, 0.6) is 0 Å². The second-order valence-corrected chi connectivity index (χ2v) is 10.8. The van der Waals surface area contributed by atoms with Gasteiger partial charge < -0.3 is 4.90 Å². The van der Waals surface area contributed by atoms with Crippen LogP contribution in [0.1, 0.15) is 56.9 Å². The minimum atomic E-state index is -0.366. The predicted octanol–water partition coefficient (Wildman–Crippen LogP) is 5.73. The number of likely N-dealkylation sites (tertiary alicyclic amines) is 1. The molecule has 1 amide bonds. The molecule has 2 aromatic heterocycles. The van der Waals surface area contributed by atoms with Crippen molar-refractivity contribution in [1.82, 2.24) is 14.5 Å². The Balaban J connectivity index is 1.75. The molecule has 0 bridgehead atoms. The maximum absolute atomic E-state index is 13.7. The average Bonchev–Trinajstić information content (AvgIpc) is 3.09. The van der Waals surface area contributed by atoms with Crippen LogP contribution in [0, 0.1) is 12.7 Å². The lowest BCUT2D eigenvalue weighted by atomic mass is 9.98. The van der Waals surface area contributed by atoms with Gasteiger partial charge in [-0.15, -0.1) is 11.3 Å². The number of amides is 1. The van der Waals surface area contributed by atoms with Crippen molar-refractivity contribution < 1.29 is 9.18 Å². The Kier molecular flexibility index (Phi) is 7.24. The molecule has 1 fully saturated rings. The van der Waals surface area contributed by atoms with Crippen LogP contribution < -0.4 is 5.56 Å². The topological polar surface area (TPSA) is 55.2 Å². The number of hydrogen-bond acceptors (Lipinski definition) is 5. The second kappa shape index (κ2) is 9.97. The van der Waals surface area contributed by atoms with E-state index in [2.05, 4.69) is 20.8 Å². The fourth-order valence-corrected chi connectivity index (χ4v) is 6.91. The third kappa shape index (κ3) is 4.73. The fourth-order valence-electron chi connectivity index (χ4n) is 4.70. The summed E-state index contributed by atoms with van der Waals surface area (Å²) in [5.74, 6) is -0.0935. The lowest BCUT2D eigenvalue weighted by Crippen LogP contribution is -2.48. The summed E-state index contributed by atoms with van der Waals surface area (Å²) in [6.07, 6.45) is 5.05. The van der Waals surface area contributed by atoms with E-state index < -0.39 is 0 Å². The van der Waals surface area contributed by atoms with E-state index in [0.29, 0.717) is 21.1 Å². The number of fused-ring (bicyclic) bond motifs is 1. The third-order valence-corrected chi connectivity index (χ3v) is 8.57. The number of carbonyl (C=O) groups is 1. The number of halogens is 1. The molecule has 0 unspecified atom stereocenters. The van der Waals surface area contributed by atoms with E-state index in [9.17, 15) is 14.0 Å². The van der Waals surface area contributed by atoms with Gasteiger partial charge in [-0.05, 0) is 76.3 Å². The smallest absolute Gasteiger partial charge is 0.267 e. The van der Waals surface area contributed by atoms with Gasteiger partial charge in [-0.3, -0.25) is 14.2 Å². The number of rotatable bonds is 6. The monoisotopic (exact) mass is 487 g/mol. The Morgan fingerprint density at radius 1 is 1.21 bits per heavy atom. The number of piperidine rings is 1. The van der Waals surface area contributed by atoms with Crippen molar-refractivity contribution in [3.05, 3.63) is 50.9 Å². The number of hydrogen-bond donors (Lipinski definition) is 0. The van der Waals surface area contributed by atoms with Gasteiger partial charge in [-0.2, -0.15) is 0 Å². The summed E-state index contributed by atoms with van der Waals surface area (Å²) in [6, 6.07) is 6.28. The van der Waals surface area contributed by atoms with Crippen LogP contribution in [0.15, 0.2) is 34.2 Å².